The highest BCUT2D eigenvalue weighted by Crippen LogP contribution is 2.27. The summed E-state index contributed by atoms with van der Waals surface area (Å²) in [4.78, 5) is 12.0. The van der Waals surface area contributed by atoms with Crippen molar-refractivity contribution in [1.82, 2.24) is 4.37 Å². The zero-order chi connectivity index (χ0) is 14.5. The monoisotopic (exact) mass is 288 g/mol. The van der Waals surface area contributed by atoms with Crippen molar-refractivity contribution in [2.45, 2.75) is 6.92 Å². The summed E-state index contributed by atoms with van der Waals surface area (Å²) in [6, 6.07) is 8.91. The minimum Gasteiger partial charge on any atom is -0.495 e. The van der Waals surface area contributed by atoms with E-state index in [0.717, 1.165) is 17.1 Å². The Labute approximate surface area is 120 Å². The molecule has 0 N–H and O–H groups in total. The lowest BCUT2D eigenvalue weighted by molar-refractivity contribution is 0.0532. The first-order valence-corrected chi connectivity index (χ1v) is 6.69. The van der Waals surface area contributed by atoms with Crippen molar-refractivity contribution in [1.29, 1.82) is 5.26 Å². The van der Waals surface area contributed by atoms with Gasteiger partial charge in [-0.3, -0.25) is 0 Å². The zero-order valence-corrected chi connectivity index (χ0v) is 11.9. The molecule has 0 amide bonds. The quantitative estimate of drug-likeness (QED) is 0.809. The lowest BCUT2D eigenvalue weighted by Gasteiger charge is -2.03. The minimum atomic E-state index is -0.384. The number of ether oxygens (including phenoxy) is 2. The highest BCUT2D eigenvalue weighted by Gasteiger charge is 2.13. The van der Waals surface area contributed by atoms with E-state index in [1.165, 1.54) is 7.11 Å². The van der Waals surface area contributed by atoms with Crippen LogP contribution in [0.3, 0.4) is 0 Å². The van der Waals surface area contributed by atoms with E-state index in [2.05, 4.69) is 10.4 Å². The summed E-state index contributed by atoms with van der Waals surface area (Å²) in [5.41, 5.74) is 1.82. The molecule has 1 aromatic carbocycles. The van der Waals surface area contributed by atoms with Gasteiger partial charge in [0.15, 0.2) is 0 Å². The summed E-state index contributed by atoms with van der Waals surface area (Å²) in [5.74, 6) is 0.127. The number of benzene rings is 1. The van der Waals surface area contributed by atoms with Gasteiger partial charge >= 0.3 is 5.97 Å². The fourth-order valence-electron chi connectivity index (χ4n) is 1.66. The summed E-state index contributed by atoms with van der Waals surface area (Å²) in [6.07, 6.45) is 0. The van der Waals surface area contributed by atoms with Gasteiger partial charge in [-0.2, -0.15) is 9.64 Å². The molecule has 0 radical (unpaired) electrons. The van der Waals surface area contributed by atoms with Crippen LogP contribution in [0.4, 0.5) is 0 Å². The van der Waals surface area contributed by atoms with Gasteiger partial charge in [0.05, 0.1) is 25.0 Å². The molecule has 0 fully saturated rings. The van der Waals surface area contributed by atoms with Crippen molar-refractivity contribution in [2.24, 2.45) is 0 Å². The molecule has 20 heavy (non-hydrogen) atoms. The lowest BCUT2D eigenvalue weighted by atomic mass is 10.1. The maximum Gasteiger partial charge on any atom is 0.349 e. The van der Waals surface area contributed by atoms with Crippen molar-refractivity contribution in [3.05, 3.63) is 34.7 Å². The number of carbonyl (C=O) groups is 1. The highest BCUT2D eigenvalue weighted by molar-refractivity contribution is 7.08. The lowest BCUT2D eigenvalue weighted by Crippen LogP contribution is -2.01. The van der Waals surface area contributed by atoms with E-state index in [1.54, 1.807) is 31.2 Å². The molecular weight excluding hydrogens is 276 g/mol. The van der Waals surface area contributed by atoms with E-state index < -0.39 is 0 Å². The summed E-state index contributed by atoms with van der Waals surface area (Å²) in [5, 5.41) is 9.06. The van der Waals surface area contributed by atoms with E-state index in [4.69, 9.17) is 14.7 Å². The Kier molecular flexibility index (Phi) is 4.33. The molecule has 102 valence electrons. The van der Waals surface area contributed by atoms with E-state index in [-0.39, 0.29) is 5.97 Å². The molecule has 0 aliphatic heterocycles. The second-order valence-corrected chi connectivity index (χ2v) is 4.63. The molecule has 1 heterocycles. The molecule has 0 unspecified atom stereocenters. The number of hydrogen-bond acceptors (Lipinski definition) is 6. The van der Waals surface area contributed by atoms with Crippen molar-refractivity contribution < 1.29 is 14.3 Å². The second-order valence-electron chi connectivity index (χ2n) is 3.82. The first-order valence-electron chi connectivity index (χ1n) is 5.92. The molecule has 1 aromatic heterocycles. The molecule has 0 aliphatic rings. The average molecular weight is 288 g/mol. The molecule has 0 saturated heterocycles. The normalized spacial score (nSPS) is 9.85. The summed E-state index contributed by atoms with van der Waals surface area (Å²) < 4.78 is 14.2. The average Bonchev–Trinajstić information content (AvgIpc) is 2.96. The first-order chi connectivity index (χ1) is 9.69. The van der Waals surface area contributed by atoms with Crippen LogP contribution in [0.5, 0.6) is 5.75 Å². The Morgan fingerprint density at radius 2 is 2.25 bits per heavy atom. The van der Waals surface area contributed by atoms with Crippen LogP contribution in [0.2, 0.25) is 0 Å². The Balaban J connectivity index is 2.33. The number of rotatable bonds is 4. The molecule has 5 nitrogen and oxygen atoms in total. The second kappa shape index (κ2) is 6.17. The number of methoxy groups -OCH3 is 1. The van der Waals surface area contributed by atoms with E-state index in [9.17, 15) is 4.79 Å². The van der Waals surface area contributed by atoms with Gasteiger partial charge in [-0.1, -0.05) is 0 Å². The molecule has 0 aliphatic carbocycles. The van der Waals surface area contributed by atoms with Gasteiger partial charge in [-0.15, -0.1) is 0 Å². The third-order valence-electron chi connectivity index (χ3n) is 2.60. The van der Waals surface area contributed by atoms with Crippen LogP contribution in [-0.4, -0.2) is 24.1 Å². The van der Waals surface area contributed by atoms with E-state index in [1.807, 2.05) is 0 Å². The molecule has 0 atom stereocenters. The molecule has 2 rings (SSSR count). The molecule has 0 bridgehead atoms. The van der Waals surface area contributed by atoms with Gasteiger partial charge in [0, 0.05) is 5.56 Å². The van der Waals surface area contributed by atoms with E-state index >= 15 is 0 Å². The Bertz CT molecular complexity index is 673. The van der Waals surface area contributed by atoms with Gasteiger partial charge in [0.2, 0.25) is 0 Å². The Morgan fingerprint density at radius 3 is 2.90 bits per heavy atom. The fraction of sp³-hybridized carbons (Fsp3) is 0.214. The van der Waals surface area contributed by atoms with Gasteiger partial charge in [-0.25, -0.2) is 4.79 Å². The Morgan fingerprint density at radius 1 is 1.45 bits per heavy atom. The Hall–Kier alpha value is -2.39. The summed E-state index contributed by atoms with van der Waals surface area (Å²) >= 11 is 1.08. The van der Waals surface area contributed by atoms with Crippen molar-refractivity contribution in [2.75, 3.05) is 13.7 Å². The number of nitriles is 1. The number of esters is 1. The molecular formula is C14H12N2O3S. The molecule has 0 spiro atoms. The molecule has 2 aromatic rings. The van der Waals surface area contributed by atoms with Crippen LogP contribution in [0, 0.1) is 11.3 Å². The van der Waals surface area contributed by atoms with Crippen LogP contribution < -0.4 is 4.74 Å². The number of hydrogen-bond donors (Lipinski definition) is 0. The molecule has 6 heteroatoms. The number of carbonyl (C=O) groups excluding carboxylic acids is 1. The topological polar surface area (TPSA) is 72.2 Å². The van der Waals surface area contributed by atoms with Crippen LogP contribution in [-0.2, 0) is 4.74 Å². The minimum absolute atomic E-state index is 0.327. The largest absolute Gasteiger partial charge is 0.495 e. The van der Waals surface area contributed by atoms with Gasteiger partial charge in [0.25, 0.3) is 0 Å². The highest BCUT2D eigenvalue weighted by atomic mass is 32.1. The standard InChI is InChI=1S/C14H12N2O3S/c1-3-19-14(17)13-7-11(16-20-13)9-4-5-12(18-2)10(6-9)8-15/h4-7H,3H2,1-2H3. The summed E-state index contributed by atoms with van der Waals surface area (Å²) in [6.45, 7) is 2.08. The van der Waals surface area contributed by atoms with Crippen molar-refractivity contribution in [3.63, 3.8) is 0 Å². The van der Waals surface area contributed by atoms with Crippen LogP contribution in [0.15, 0.2) is 24.3 Å². The molecule has 0 saturated carbocycles. The smallest absolute Gasteiger partial charge is 0.349 e. The number of nitrogens with zero attached hydrogens (tertiary/aromatic N) is 2. The summed E-state index contributed by atoms with van der Waals surface area (Å²) in [7, 11) is 1.51. The van der Waals surface area contributed by atoms with Crippen molar-refractivity contribution >= 4 is 17.5 Å². The van der Waals surface area contributed by atoms with Gasteiger partial charge in [-0.05, 0) is 42.7 Å². The maximum atomic E-state index is 11.6. The van der Waals surface area contributed by atoms with Gasteiger partial charge in [0.1, 0.15) is 16.7 Å². The third-order valence-corrected chi connectivity index (χ3v) is 3.37. The predicted octanol–water partition coefficient (Wildman–Crippen LogP) is 2.87. The fourth-order valence-corrected chi connectivity index (χ4v) is 2.32. The van der Waals surface area contributed by atoms with Crippen LogP contribution in [0.1, 0.15) is 22.2 Å². The first kappa shape index (κ1) is 14.0. The third kappa shape index (κ3) is 2.78. The van der Waals surface area contributed by atoms with Crippen LogP contribution >= 0.6 is 11.5 Å². The zero-order valence-electron chi connectivity index (χ0n) is 11.0. The number of aromatic nitrogens is 1. The van der Waals surface area contributed by atoms with Gasteiger partial charge < -0.3 is 9.47 Å². The maximum absolute atomic E-state index is 11.6. The van der Waals surface area contributed by atoms with Crippen molar-refractivity contribution in [3.8, 4) is 23.1 Å². The SMILES string of the molecule is CCOC(=O)c1cc(-c2ccc(OC)c(C#N)c2)ns1. The predicted molar refractivity (Wildman–Crippen MR) is 74.8 cm³/mol. The van der Waals surface area contributed by atoms with E-state index in [0.29, 0.717) is 28.5 Å². The van der Waals surface area contributed by atoms with Crippen LogP contribution in [0.25, 0.3) is 11.3 Å².